The van der Waals surface area contributed by atoms with E-state index in [9.17, 15) is 13.2 Å². The molecule has 4 rings (SSSR count). The van der Waals surface area contributed by atoms with Gasteiger partial charge in [0.1, 0.15) is 0 Å². The molecule has 8 heteroatoms. The Hall–Kier alpha value is -2.74. The third-order valence-electron chi connectivity index (χ3n) is 5.68. The number of thiazole rings is 1. The molecule has 0 aliphatic heterocycles. The van der Waals surface area contributed by atoms with Gasteiger partial charge >= 0.3 is 0 Å². The summed E-state index contributed by atoms with van der Waals surface area (Å²) in [6.45, 7) is 5.61. The number of nitrogens with zero attached hydrogens (tertiary/aromatic N) is 2. The zero-order valence-corrected chi connectivity index (χ0v) is 21.5. The molecule has 0 unspecified atom stereocenters. The van der Waals surface area contributed by atoms with Gasteiger partial charge < -0.3 is 0 Å². The van der Waals surface area contributed by atoms with Crippen LogP contribution in [0.3, 0.4) is 0 Å². The highest BCUT2D eigenvalue weighted by atomic mass is 35.5. The molecule has 1 heterocycles. The molecule has 0 aliphatic rings. The number of aryl methyl sites for hydroxylation is 1. The van der Waals surface area contributed by atoms with Crippen molar-refractivity contribution in [1.29, 1.82) is 0 Å². The van der Waals surface area contributed by atoms with Crippen molar-refractivity contribution in [2.24, 2.45) is 0 Å². The number of aromatic nitrogens is 1. The number of halogens is 1. The summed E-state index contributed by atoms with van der Waals surface area (Å²) in [5.41, 5.74) is 3.41. The van der Waals surface area contributed by atoms with E-state index in [-0.39, 0.29) is 17.2 Å². The van der Waals surface area contributed by atoms with Crippen LogP contribution in [0.25, 0.3) is 10.2 Å². The first kappa shape index (κ1) is 24.4. The van der Waals surface area contributed by atoms with Crippen LogP contribution in [0.5, 0.6) is 0 Å². The zero-order valence-electron chi connectivity index (χ0n) is 19.2. The summed E-state index contributed by atoms with van der Waals surface area (Å²) >= 11 is 7.73. The van der Waals surface area contributed by atoms with E-state index in [4.69, 9.17) is 16.6 Å². The monoisotopic (exact) mass is 512 g/mol. The lowest BCUT2D eigenvalue weighted by atomic mass is 10.1. The lowest BCUT2D eigenvalue weighted by Crippen LogP contribution is -2.31. The number of benzene rings is 3. The SMILES string of the molecule is Cc1c(Cl)ccc2sc(N(Cc3ccccc3)C(=O)Cc3ccc(S(=O)(=O)C(C)C)cc3)nc12. The number of rotatable bonds is 7. The maximum Gasteiger partial charge on any atom is 0.233 e. The van der Waals surface area contributed by atoms with Crippen LogP contribution in [-0.2, 0) is 27.6 Å². The first-order valence-electron chi connectivity index (χ1n) is 10.9. The molecule has 1 amide bonds. The molecule has 0 atom stereocenters. The van der Waals surface area contributed by atoms with Gasteiger partial charge in [-0.3, -0.25) is 9.69 Å². The fourth-order valence-electron chi connectivity index (χ4n) is 3.57. The molecule has 5 nitrogen and oxygen atoms in total. The quantitative estimate of drug-likeness (QED) is 0.295. The van der Waals surface area contributed by atoms with Gasteiger partial charge in [-0.05, 0) is 61.7 Å². The molecule has 0 fully saturated rings. The van der Waals surface area contributed by atoms with Crippen LogP contribution < -0.4 is 4.90 Å². The molecule has 0 saturated carbocycles. The smallest absolute Gasteiger partial charge is 0.233 e. The summed E-state index contributed by atoms with van der Waals surface area (Å²) in [5, 5.41) is 0.743. The number of sulfone groups is 1. The molecule has 0 N–H and O–H groups in total. The average Bonchev–Trinajstić information content (AvgIpc) is 3.25. The summed E-state index contributed by atoms with van der Waals surface area (Å²) in [7, 11) is -3.36. The second-order valence-electron chi connectivity index (χ2n) is 8.40. The Morgan fingerprint density at radius 1 is 1.00 bits per heavy atom. The lowest BCUT2D eigenvalue weighted by Gasteiger charge is -2.20. The third-order valence-corrected chi connectivity index (χ3v) is 9.30. The van der Waals surface area contributed by atoms with Gasteiger partial charge in [0.15, 0.2) is 15.0 Å². The van der Waals surface area contributed by atoms with Gasteiger partial charge in [0, 0.05) is 5.02 Å². The van der Waals surface area contributed by atoms with Crippen LogP contribution in [0.1, 0.15) is 30.5 Å². The van der Waals surface area contributed by atoms with Crippen molar-refractivity contribution >= 4 is 54.0 Å². The highest BCUT2D eigenvalue weighted by Gasteiger charge is 2.23. The van der Waals surface area contributed by atoms with Crippen LogP contribution in [-0.4, -0.2) is 24.6 Å². The molecule has 34 heavy (non-hydrogen) atoms. The van der Waals surface area contributed by atoms with Crippen molar-refractivity contribution in [3.8, 4) is 0 Å². The third kappa shape index (κ3) is 5.02. The zero-order chi connectivity index (χ0) is 24.5. The van der Waals surface area contributed by atoms with Crippen LogP contribution in [0.4, 0.5) is 5.13 Å². The molecule has 0 aliphatic carbocycles. The van der Waals surface area contributed by atoms with Gasteiger partial charge in [-0.2, -0.15) is 0 Å². The van der Waals surface area contributed by atoms with E-state index < -0.39 is 15.1 Å². The van der Waals surface area contributed by atoms with E-state index in [1.165, 1.54) is 11.3 Å². The van der Waals surface area contributed by atoms with Crippen LogP contribution in [0.2, 0.25) is 5.02 Å². The summed E-state index contributed by atoms with van der Waals surface area (Å²) in [5.74, 6) is -0.119. The molecule has 0 radical (unpaired) electrons. The van der Waals surface area contributed by atoms with E-state index in [0.29, 0.717) is 16.7 Å². The van der Waals surface area contributed by atoms with Crippen LogP contribution >= 0.6 is 22.9 Å². The predicted molar refractivity (Wildman–Crippen MR) is 139 cm³/mol. The highest BCUT2D eigenvalue weighted by molar-refractivity contribution is 7.92. The largest absolute Gasteiger partial charge is 0.283 e. The summed E-state index contributed by atoms with van der Waals surface area (Å²) < 4.78 is 25.8. The number of fused-ring (bicyclic) bond motifs is 1. The minimum atomic E-state index is -3.36. The number of carbonyl (C=O) groups is 1. The minimum absolute atomic E-state index is 0.119. The molecule has 176 valence electrons. The molecule has 3 aromatic carbocycles. The Morgan fingerprint density at radius 3 is 2.32 bits per heavy atom. The second kappa shape index (κ2) is 9.86. The topological polar surface area (TPSA) is 67.3 Å². The van der Waals surface area contributed by atoms with E-state index in [2.05, 4.69) is 0 Å². The van der Waals surface area contributed by atoms with E-state index in [0.717, 1.165) is 26.9 Å². The fourth-order valence-corrected chi connectivity index (χ4v) is 5.83. The van der Waals surface area contributed by atoms with Crippen molar-refractivity contribution < 1.29 is 13.2 Å². The minimum Gasteiger partial charge on any atom is -0.283 e. The normalized spacial score (nSPS) is 11.8. The van der Waals surface area contributed by atoms with Gasteiger partial charge in [-0.1, -0.05) is 65.4 Å². The number of carbonyl (C=O) groups excluding carboxylic acids is 1. The molecular weight excluding hydrogens is 488 g/mol. The molecule has 0 spiro atoms. The summed E-state index contributed by atoms with van der Waals surface area (Å²) in [6, 6.07) is 20.1. The Labute approximate surface area is 208 Å². The standard InChI is InChI=1S/C26H25ClN2O3S2/c1-17(2)34(31,32)21-11-9-19(10-12-21)15-24(30)29(16-20-7-5-4-6-8-20)26-28-25-18(3)22(27)13-14-23(25)33-26/h4-14,17H,15-16H2,1-3H3. The maximum absolute atomic E-state index is 13.5. The second-order valence-corrected chi connectivity index (χ2v) is 12.3. The van der Waals surface area contributed by atoms with E-state index >= 15 is 0 Å². The lowest BCUT2D eigenvalue weighted by molar-refractivity contribution is -0.118. The predicted octanol–water partition coefficient (Wildman–Crippen LogP) is 6.22. The molecule has 1 aromatic heterocycles. The number of anilines is 1. The van der Waals surface area contributed by atoms with Gasteiger partial charge in [0.2, 0.25) is 5.91 Å². The molecular formula is C26H25ClN2O3S2. The van der Waals surface area contributed by atoms with E-state index in [1.807, 2.05) is 49.4 Å². The Balaban J connectivity index is 1.65. The van der Waals surface area contributed by atoms with Crippen molar-refractivity contribution in [2.45, 2.75) is 43.9 Å². The first-order valence-corrected chi connectivity index (χ1v) is 13.6. The maximum atomic E-state index is 13.5. The van der Waals surface area contributed by atoms with Gasteiger partial charge in [-0.15, -0.1) is 0 Å². The number of hydrogen-bond donors (Lipinski definition) is 0. The van der Waals surface area contributed by atoms with Crippen LogP contribution in [0.15, 0.2) is 71.6 Å². The highest BCUT2D eigenvalue weighted by Crippen LogP contribution is 2.34. The Morgan fingerprint density at radius 2 is 1.68 bits per heavy atom. The number of hydrogen-bond acceptors (Lipinski definition) is 5. The van der Waals surface area contributed by atoms with Crippen LogP contribution in [0, 0.1) is 6.92 Å². The van der Waals surface area contributed by atoms with Crippen molar-refractivity contribution in [3.63, 3.8) is 0 Å². The van der Waals surface area contributed by atoms with Crippen molar-refractivity contribution in [2.75, 3.05) is 4.90 Å². The first-order chi connectivity index (χ1) is 16.2. The van der Waals surface area contributed by atoms with Crippen molar-refractivity contribution in [3.05, 3.63) is 88.4 Å². The van der Waals surface area contributed by atoms with Gasteiger partial charge in [0.05, 0.1) is 33.3 Å². The van der Waals surface area contributed by atoms with Crippen molar-refractivity contribution in [1.82, 2.24) is 4.98 Å². The summed E-state index contributed by atoms with van der Waals surface area (Å²) in [6.07, 6.45) is 0.129. The Bertz CT molecular complexity index is 1430. The molecule has 0 bridgehead atoms. The number of amides is 1. The molecule has 4 aromatic rings. The Kier molecular flexibility index (Phi) is 7.07. The average molecular weight is 513 g/mol. The fraction of sp³-hybridized carbons (Fsp3) is 0.231. The van der Waals surface area contributed by atoms with E-state index in [1.54, 1.807) is 43.0 Å². The summed E-state index contributed by atoms with van der Waals surface area (Å²) in [4.78, 5) is 20.2. The van der Waals surface area contributed by atoms with Gasteiger partial charge in [0.25, 0.3) is 0 Å². The van der Waals surface area contributed by atoms with Gasteiger partial charge in [-0.25, -0.2) is 13.4 Å². The molecule has 0 saturated heterocycles.